The topological polar surface area (TPSA) is 65.2 Å². The number of amides is 2. The third-order valence-corrected chi connectivity index (χ3v) is 6.44. The van der Waals surface area contributed by atoms with Crippen molar-refractivity contribution in [3.8, 4) is 0 Å². The number of rotatable bonds is 4. The summed E-state index contributed by atoms with van der Waals surface area (Å²) in [6, 6.07) is 13.0. The van der Waals surface area contributed by atoms with Gasteiger partial charge in [0.25, 0.3) is 5.56 Å². The molecule has 156 valence electrons. The fraction of sp³-hybridized carbons (Fsp3) is 0.333. The predicted molar refractivity (Wildman–Crippen MR) is 122 cm³/mol. The summed E-state index contributed by atoms with van der Waals surface area (Å²) in [6.45, 7) is 4.30. The fourth-order valence-electron chi connectivity index (χ4n) is 4.20. The van der Waals surface area contributed by atoms with Gasteiger partial charge in [0.05, 0.1) is 22.8 Å². The molecule has 1 saturated carbocycles. The summed E-state index contributed by atoms with van der Waals surface area (Å²) in [6.07, 6.45) is 4.07. The maximum atomic E-state index is 13.2. The molecule has 1 heterocycles. The lowest BCUT2D eigenvalue weighted by molar-refractivity contribution is 0.184. The van der Waals surface area contributed by atoms with Gasteiger partial charge >= 0.3 is 6.03 Å². The van der Waals surface area contributed by atoms with E-state index in [1.165, 1.54) is 0 Å². The number of pyridine rings is 1. The molecule has 0 saturated heterocycles. The van der Waals surface area contributed by atoms with Crippen LogP contribution in [0.3, 0.4) is 0 Å². The van der Waals surface area contributed by atoms with Gasteiger partial charge in [0.1, 0.15) is 0 Å². The maximum absolute atomic E-state index is 13.2. The summed E-state index contributed by atoms with van der Waals surface area (Å²) in [5.41, 5.74) is 4.08. The van der Waals surface area contributed by atoms with Crippen LogP contribution in [0.2, 0.25) is 5.02 Å². The molecule has 1 fully saturated rings. The lowest BCUT2D eigenvalue weighted by Gasteiger charge is -2.29. The van der Waals surface area contributed by atoms with Gasteiger partial charge in [0.2, 0.25) is 0 Å². The maximum Gasteiger partial charge on any atom is 0.322 e. The summed E-state index contributed by atoms with van der Waals surface area (Å²) >= 11 is 6.22. The van der Waals surface area contributed by atoms with E-state index in [1.807, 2.05) is 38.1 Å². The molecule has 4 rings (SSSR count). The van der Waals surface area contributed by atoms with Gasteiger partial charge in [-0.15, -0.1) is 0 Å². The number of aromatic amines is 1. The highest BCUT2D eigenvalue weighted by atomic mass is 35.5. The average Bonchev–Trinajstić information content (AvgIpc) is 3.26. The van der Waals surface area contributed by atoms with Crippen molar-refractivity contribution in [2.24, 2.45) is 0 Å². The van der Waals surface area contributed by atoms with Gasteiger partial charge in [-0.25, -0.2) is 4.79 Å². The molecule has 0 radical (unpaired) electrons. The van der Waals surface area contributed by atoms with E-state index in [0.717, 1.165) is 47.7 Å². The van der Waals surface area contributed by atoms with Gasteiger partial charge in [-0.1, -0.05) is 48.7 Å². The van der Waals surface area contributed by atoms with Crippen LogP contribution in [0.5, 0.6) is 0 Å². The van der Waals surface area contributed by atoms with E-state index in [9.17, 15) is 9.59 Å². The van der Waals surface area contributed by atoms with E-state index in [1.54, 1.807) is 17.0 Å². The minimum atomic E-state index is -0.227. The number of benzene rings is 2. The minimum absolute atomic E-state index is 0.113. The van der Waals surface area contributed by atoms with E-state index < -0.39 is 0 Å². The van der Waals surface area contributed by atoms with Gasteiger partial charge in [0.15, 0.2) is 0 Å². The van der Waals surface area contributed by atoms with Crippen LogP contribution < -0.4 is 10.9 Å². The molecule has 5 nitrogen and oxygen atoms in total. The normalized spacial score (nSPS) is 14.2. The fourth-order valence-corrected chi connectivity index (χ4v) is 4.39. The second-order valence-electron chi connectivity index (χ2n) is 8.07. The largest absolute Gasteiger partial charge is 0.322 e. The van der Waals surface area contributed by atoms with Crippen molar-refractivity contribution in [1.29, 1.82) is 0 Å². The zero-order valence-corrected chi connectivity index (χ0v) is 18.1. The third kappa shape index (κ3) is 4.08. The number of hydrogen-bond acceptors (Lipinski definition) is 2. The van der Waals surface area contributed by atoms with E-state index in [2.05, 4.69) is 16.4 Å². The lowest BCUT2D eigenvalue weighted by Crippen LogP contribution is -2.42. The molecule has 1 aliphatic carbocycles. The van der Waals surface area contributed by atoms with E-state index in [-0.39, 0.29) is 24.2 Å². The Morgan fingerprint density at radius 3 is 2.63 bits per heavy atom. The Bertz CT molecular complexity index is 1150. The second kappa shape index (κ2) is 8.52. The summed E-state index contributed by atoms with van der Waals surface area (Å²) < 4.78 is 0. The highest BCUT2D eigenvalue weighted by molar-refractivity contribution is 6.33. The number of carbonyl (C=O) groups is 1. The molecular formula is C24H26ClN3O2. The van der Waals surface area contributed by atoms with Crippen LogP contribution in [-0.2, 0) is 6.54 Å². The molecule has 6 heteroatoms. The highest BCUT2D eigenvalue weighted by Crippen LogP contribution is 2.27. The number of H-pyrrole nitrogens is 1. The average molecular weight is 424 g/mol. The summed E-state index contributed by atoms with van der Waals surface area (Å²) in [4.78, 5) is 30.8. The van der Waals surface area contributed by atoms with Crippen molar-refractivity contribution in [3.05, 3.63) is 74.5 Å². The molecule has 2 aromatic carbocycles. The first kappa shape index (κ1) is 20.5. The number of anilines is 1. The smallest absolute Gasteiger partial charge is 0.321 e. The Balaban J connectivity index is 1.66. The second-order valence-corrected chi connectivity index (χ2v) is 8.48. The number of carbonyl (C=O) groups excluding carboxylic acids is 1. The molecule has 0 aliphatic heterocycles. The van der Waals surface area contributed by atoms with Crippen molar-refractivity contribution < 1.29 is 4.79 Å². The number of nitrogens with zero attached hydrogens (tertiary/aromatic N) is 1. The monoisotopic (exact) mass is 423 g/mol. The molecular weight excluding hydrogens is 398 g/mol. The number of fused-ring (bicyclic) bond motifs is 1. The molecule has 0 spiro atoms. The van der Waals surface area contributed by atoms with Crippen LogP contribution in [-0.4, -0.2) is 22.0 Å². The van der Waals surface area contributed by atoms with Crippen LogP contribution in [0.4, 0.5) is 10.5 Å². The van der Waals surface area contributed by atoms with Crippen molar-refractivity contribution >= 4 is 34.2 Å². The predicted octanol–water partition coefficient (Wildman–Crippen LogP) is 5.78. The number of nitrogens with one attached hydrogen (secondary N) is 2. The Labute approximate surface area is 181 Å². The number of urea groups is 1. The van der Waals surface area contributed by atoms with Gasteiger partial charge < -0.3 is 15.2 Å². The molecule has 2 amide bonds. The van der Waals surface area contributed by atoms with E-state index >= 15 is 0 Å². The zero-order valence-electron chi connectivity index (χ0n) is 17.3. The Kier molecular flexibility index (Phi) is 5.82. The number of hydrogen-bond donors (Lipinski definition) is 2. The zero-order chi connectivity index (χ0) is 21.3. The van der Waals surface area contributed by atoms with Crippen LogP contribution in [0.25, 0.3) is 10.9 Å². The van der Waals surface area contributed by atoms with Crippen molar-refractivity contribution in [3.63, 3.8) is 0 Å². The Morgan fingerprint density at radius 2 is 1.90 bits per heavy atom. The number of aromatic nitrogens is 1. The van der Waals surface area contributed by atoms with Gasteiger partial charge in [0, 0.05) is 11.6 Å². The van der Waals surface area contributed by atoms with Gasteiger partial charge in [-0.3, -0.25) is 4.79 Å². The van der Waals surface area contributed by atoms with Crippen LogP contribution >= 0.6 is 11.6 Å². The van der Waals surface area contributed by atoms with Crippen LogP contribution in [0.1, 0.15) is 42.4 Å². The quantitative estimate of drug-likeness (QED) is 0.559. The Hall–Kier alpha value is -2.79. The standard InChI is InChI=1S/C24H26ClN3O2/c1-15-11-12-17-13-18(23(29)27-22(17)16(15)2)14-28(19-7-3-4-8-19)24(30)26-21-10-6-5-9-20(21)25/h5-6,9-13,19H,3-4,7-8,14H2,1-2H3,(H,26,30)(H,27,29). The number of para-hydroxylation sites is 1. The highest BCUT2D eigenvalue weighted by Gasteiger charge is 2.28. The van der Waals surface area contributed by atoms with Crippen molar-refractivity contribution in [2.45, 2.75) is 52.1 Å². The Morgan fingerprint density at radius 1 is 1.17 bits per heavy atom. The van der Waals surface area contributed by atoms with Crippen molar-refractivity contribution in [1.82, 2.24) is 9.88 Å². The van der Waals surface area contributed by atoms with Crippen LogP contribution in [0, 0.1) is 13.8 Å². The molecule has 0 unspecified atom stereocenters. The number of aryl methyl sites for hydroxylation is 2. The summed E-state index contributed by atoms with van der Waals surface area (Å²) in [7, 11) is 0. The molecule has 30 heavy (non-hydrogen) atoms. The third-order valence-electron chi connectivity index (χ3n) is 6.11. The summed E-state index contributed by atoms with van der Waals surface area (Å²) in [5, 5.41) is 4.39. The SMILES string of the molecule is Cc1ccc2cc(CN(C(=O)Nc3ccccc3Cl)C3CCCC3)c(=O)[nH]c2c1C. The van der Waals surface area contributed by atoms with Gasteiger partial charge in [-0.2, -0.15) is 0 Å². The van der Waals surface area contributed by atoms with E-state index in [0.29, 0.717) is 16.3 Å². The molecule has 3 aromatic rings. The molecule has 0 bridgehead atoms. The number of halogens is 1. The van der Waals surface area contributed by atoms with E-state index in [4.69, 9.17) is 11.6 Å². The molecule has 1 aromatic heterocycles. The first-order valence-corrected chi connectivity index (χ1v) is 10.8. The lowest BCUT2D eigenvalue weighted by atomic mass is 10.0. The first-order chi connectivity index (χ1) is 14.4. The molecule has 2 N–H and O–H groups in total. The van der Waals surface area contributed by atoms with Gasteiger partial charge in [-0.05, 0) is 61.4 Å². The van der Waals surface area contributed by atoms with Crippen LogP contribution in [0.15, 0.2) is 47.3 Å². The molecule has 1 aliphatic rings. The summed E-state index contributed by atoms with van der Waals surface area (Å²) in [5.74, 6) is 0. The molecule has 0 atom stereocenters. The first-order valence-electron chi connectivity index (χ1n) is 10.4. The minimum Gasteiger partial charge on any atom is -0.321 e. The van der Waals surface area contributed by atoms with Crippen molar-refractivity contribution in [2.75, 3.05) is 5.32 Å².